The number of benzene rings is 2. The quantitative estimate of drug-likeness (QED) is 0.791. The lowest BCUT2D eigenvalue weighted by Gasteiger charge is -2.22. The number of aromatic nitrogens is 2. The molecule has 1 N–H and O–H groups in total. The molecule has 25 heavy (non-hydrogen) atoms. The summed E-state index contributed by atoms with van der Waals surface area (Å²) in [4.78, 5) is 16.5. The zero-order valence-electron chi connectivity index (χ0n) is 13.7. The molecule has 0 bridgehead atoms. The number of nitrogens with zero attached hydrogens (tertiary/aromatic N) is 2. The third kappa shape index (κ3) is 3.40. The first-order valence-corrected chi connectivity index (χ1v) is 8.30. The van der Waals surface area contributed by atoms with Crippen LogP contribution < -0.4 is 5.32 Å². The smallest absolute Gasteiger partial charge is 0.251 e. The molecular weight excluding hydrogens is 318 g/mol. The van der Waals surface area contributed by atoms with Gasteiger partial charge in [-0.15, -0.1) is 0 Å². The number of nitrogens with one attached hydrogen (secondary N) is 1. The zero-order chi connectivity index (χ0) is 17.1. The number of carbonyl (C=O) groups is 1. The monoisotopic (exact) mass is 337 g/mol. The van der Waals surface area contributed by atoms with Crippen molar-refractivity contribution >= 4 is 16.9 Å². The van der Waals surface area contributed by atoms with Gasteiger partial charge in [-0.2, -0.15) is 0 Å². The van der Waals surface area contributed by atoms with Gasteiger partial charge >= 0.3 is 0 Å². The van der Waals surface area contributed by atoms with E-state index in [4.69, 9.17) is 9.47 Å². The van der Waals surface area contributed by atoms with Crippen LogP contribution in [-0.4, -0.2) is 41.4 Å². The summed E-state index contributed by atoms with van der Waals surface area (Å²) >= 11 is 0. The number of carbonyl (C=O) groups excluding carboxylic acids is 1. The molecule has 2 heterocycles. The molecule has 1 unspecified atom stereocenters. The lowest BCUT2D eigenvalue weighted by atomic mass is 10.2. The number of fused-ring (bicyclic) bond motifs is 1. The average molecular weight is 337 g/mol. The van der Waals surface area contributed by atoms with Gasteiger partial charge in [0.25, 0.3) is 5.91 Å². The summed E-state index contributed by atoms with van der Waals surface area (Å²) in [6.45, 7) is 1.79. The fourth-order valence-electron chi connectivity index (χ4n) is 2.88. The molecule has 0 saturated carbocycles. The minimum absolute atomic E-state index is 0.135. The number of rotatable bonds is 4. The van der Waals surface area contributed by atoms with Crippen molar-refractivity contribution in [3.63, 3.8) is 0 Å². The molecule has 1 aliphatic heterocycles. The predicted molar refractivity (Wildman–Crippen MR) is 93.5 cm³/mol. The molecule has 1 aromatic heterocycles. The lowest BCUT2D eigenvalue weighted by Crippen LogP contribution is -2.42. The minimum atomic E-state index is -0.509. The molecule has 0 spiro atoms. The highest BCUT2D eigenvalue weighted by atomic mass is 16.6. The van der Waals surface area contributed by atoms with Gasteiger partial charge in [0.05, 0.1) is 30.9 Å². The van der Waals surface area contributed by atoms with Crippen molar-refractivity contribution in [2.75, 3.05) is 19.8 Å². The van der Waals surface area contributed by atoms with E-state index in [1.54, 1.807) is 0 Å². The third-order valence-electron chi connectivity index (χ3n) is 4.24. The van der Waals surface area contributed by atoms with E-state index < -0.39 is 6.10 Å². The van der Waals surface area contributed by atoms with Gasteiger partial charge < -0.3 is 14.8 Å². The number of ether oxygens (including phenoxy) is 2. The molecule has 4 rings (SSSR count). The average Bonchev–Trinajstić information content (AvgIpc) is 3.11. The second kappa shape index (κ2) is 7.04. The number of para-hydroxylation sites is 2. The Kier molecular flexibility index (Phi) is 4.45. The SMILES string of the molecule is O=C(NCc1ccc(-n2cnc3ccccc32)cc1)C1COCCO1. The van der Waals surface area contributed by atoms with Gasteiger partial charge in [0, 0.05) is 12.2 Å². The molecule has 6 heteroatoms. The Bertz CT molecular complexity index is 867. The van der Waals surface area contributed by atoms with E-state index in [1.807, 2.05) is 59.4 Å². The summed E-state index contributed by atoms with van der Waals surface area (Å²) in [6, 6.07) is 16.1. The number of amides is 1. The normalized spacial score (nSPS) is 17.5. The Labute approximate surface area is 145 Å². The van der Waals surface area contributed by atoms with Crippen LogP contribution >= 0.6 is 0 Å². The van der Waals surface area contributed by atoms with Gasteiger partial charge in [0.1, 0.15) is 6.33 Å². The van der Waals surface area contributed by atoms with Gasteiger partial charge in [0.15, 0.2) is 6.10 Å². The first-order chi connectivity index (χ1) is 12.3. The summed E-state index contributed by atoms with van der Waals surface area (Å²) in [7, 11) is 0. The Hall–Kier alpha value is -2.70. The zero-order valence-corrected chi connectivity index (χ0v) is 13.7. The molecule has 6 nitrogen and oxygen atoms in total. The molecule has 0 aliphatic carbocycles. The van der Waals surface area contributed by atoms with Crippen molar-refractivity contribution in [1.82, 2.24) is 14.9 Å². The summed E-state index contributed by atoms with van der Waals surface area (Å²) < 4.78 is 12.7. The fourth-order valence-corrected chi connectivity index (χ4v) is 2.88. The standard InChI is InChI=1S/C19H19N3O3/c23-19(18-12-24-9-10-25-18)20-11-14-5-7-15(8-6-14)22-13-21-16-3-1-2-4-17(16)22/h1-8,13,18H,9-12H2,(H,20,23). The van der Waals surface area contributed by atoms with E-state index in [2.05, 4.69) is 10.3 Å². The van der Waals surface area contributed by atoms with Crippen LogP contribution in [0.3, 0.4) is 0 Å². The van der Waals surface area contributed by atoms with Crippen molar-refractivity contribution in [3.8, 4) is 5.69 Å². The van der Waals surface area contributed by atoms with Gasteiger partial charge in [0.2, 0.25) is 0 Å². The van der Waals surface area contributed by atoms with E-state index in [0.29, 0.717) is 26.4 Å². The Morgan fingerprint density at radius 3 is 2.80 bits per heavy atom. The molecule has 3 aromatic rings. The van der Waals surface area contributed by atoms with Crippen LogP contribution in [0.15, 0.2) is 54.9 Å². The summed E-state index contributed by atoms with van der Waals surface area (Å²) in [5.41, 5.74) is 4.09. The molecule has 0 radical (unpaired) electrons. The largest absolute Gasteiger partial charge is 0.376 e. The second-order valence-corrected chi connectivity index (χ2v) is 5.92. The van der Waals surface area contributed by atoms with Gasteiger partial charge in [-0.25, -0.2) is 4.98 Å². The molecule has 2 aromatic carbocycles. The molecule has 1 amide bonds. The predicted octanol–water partition coefficient (Wildman–Crippen LogP) is 2.06. The summed E-state index contributed by atoms with van der Waals surface area (Å²) in [5.74, 6) is -0.135. The molecule has 1 fully saturated rings. The Morgan fingerprint density at radius 1 is 1.16 bits per heavy atom. The van der Waals surface area contributed by atoms with Crippen molar-refractivity contribution in [2.24, 2.45) is 0 Å². The minimum Gasteiger partial charge on any atom is -0.376 e. The summed E-state index contributed by atoms with van der Waals surface area (Å²) in [5, 5.41) is 2.89. The van der Waals surface area contributed by atoms with E-state index in [0.717, 1.165) is 22.3 Å². The molecule has 1 saturated heterocycles. The molecule has 1 atom stereocenters. The third-order valence-corrected chi connectivity index (χ3v) is 4.24. The maximum absolute atomic E-state index is 12.0. The van der Waals surface area contributed by atoms with Crippen LogP contribution in [0, 0.1) is 0 Å². The van der Waals surface area contributed by atoms with Gasteiger partial charge in [-0.05, 0) is 29.8 Å². The summed E-state index contributed by atoms with van der Waals surface area (Å²) in [6.07, 6.45) is 1.31. The lowest BCUT2D eigenvalue weighted by molar-refractivity contribution is -0.147. The van der Waals surface area contributed by atoms with Crippen molar-refractivity contribution in [2.45, 2.75) is 12.6 Å². The van der Waals surface area contributed by atoms with Crippen molar-refractivity contribution < 1.29 is 14.3 Å². The fraction of sp³-hybridized carbons (Fsp3) is 0.263. The highest BCUT2D eigenvalue weighted by Gasteiger charge is 2.22. The topological polar surface area (TPSA) is 65.4 Å². The van der Waals surface area contributed by atoms with Crippen LogP contribution in [0.1, 0.15) is 5.56 Å². The number of imidazole rings is 1. The Balaban J connectivity index is 1.42. The molecular formula is C19H19N3O3. The van der Waals surface area contributed by atoms with E-state index >= 15 is 0 Å². The molecule has 1 aliphatic rings. The second-order valence-electron chi connectivity index (χ2n) is 5.92. The van der Waals surface area contributed by atoms with Crippen LogP contribution in [0.4, 0.5) is 0 Å². The highest BCUT2D eigenvalue weighted by Crippen LogP contribution is 2.18. The maximum Gasteiger partial charge on any atom is 0.251 e. The van der Waals surface area contributed by atoms with Crippen LogP contribution in [0.5, 0.6) is 0 Å². The Morgan fingerprint density at radius 2 is 2.00 bits per heavy atom. The van der Waals surface area contributed by atoms with Crippen molar-refractivity contribution in [3.05, 3.63) is 60.4 Å². The number of hydrogen-bond acceptors (Lipinski definition) is 4. The van der Waals surface area contributed by atoms with Crippen LogP contribution in [0.25, 0.3) is 16.7 Å². The first kappa shape index (κ1) is 15.8. The van der Waals surface area contributed by atoms with Gasteiger partial charge in [-0.3, -0.25) is 9.36 Å². The molecule has 128 valence electrons. The van der Waals surface area contributed by atoms with E-state index in [9.17, 15) is 4.79 Å². The van der Waals surface area contributed by atoms with Gasteiger partial charge in [-0.1, -0.05) is 24.3 Å². The van der Waals surface area contributed by atoms with E-state index in [1.165, 1.54) is 0 Å². The maximum atomic E-state index is 12.0. The number of hydrogen-bond donors (Lipinski definition) is 1. The van der Waals surface area contributed by atoms with Crippen molar-refractivity contribution in [1.29, 1.82) is 0 Å². The van der Waals surface area contributed by atoms with E-state index in [-0.39, 0.29) is 5.91 Å². The van der Waals surface area contributed by atoms with Crippen LogP contribution in [-0.2, 0) is 20.8 Å². The first-order valence-electron chi connectivity index (χ1n) is 8.30. The highest BCUT2D eigenvalue weighted by molar-refractivity contribution is 5.81. The van der Waals surface area contributed by atoms with Crippen LogP contribution in [0.2, 0.25) is 0 Å².